The molecule has 172 valence electrons. The zero-order valence-corrected chi connectivity index (χ0v) is 19.1. The van der Waals surface area contributed by atoms with Crippen LogP contribution in [-0.2, 0) is 20.8 Å². The van der Waals surface area contributed by atoms with Crippen molar-refractivity contribution in [2.45, 2.75) is 44.3 Å². The number of carbonyl (C=O) groups excluding carboxylic acids is 2. The zero-order chi connectivity index (χ0) is 22.4. The van der Waals surface area contributed by atoms with Gasteiger partial charge in [-0.2, -0.15) is 0 Å². The molecular formula is C23H35N3O5. The molecule has 1 aromatic carbocycles. The number of hydrogen-bond acceptors (Lipinski definition) is 6. The minimum Gasteiger partial charge on any atom is -0.497 e. The third kappa shape index (κ3) is 4.86. The SMILES string of the molecule is COCCCN1C(=O)N(Cc2ccc(OC)cc2)C(=O)C12CCN([C@H](C)COC)CC2. The molecule has 2 aliphatic rings. The number of ether oxygens (including phenoxy) is 3. The van der Waals surface area contributed by atoms with Gasteiger partial charge in [0.25, 0.3) is 5.91 Å². The second-order valence-electron chi connectivity index (χ2n) is 8.39. The molecule has 3 amide bonds. The van der Waals surface area contributed by atoms with E-state index < -0.39 is 5.54 Å². The number of imide groups is 1. The summed E-state index contributed by atoms with van der Waals surface area (Å²) < 4.78 is 15.7. The quantitative estimate of drug-likeness (QED) is 0.417. The smallest absolute Gasteiger partial charge is 0.327 e. The Morgan fingerprint density at radius 3 is 2.29 bits per heavy atom. The summed E-state index contributed by atoms with van der Waals surface area (Å²) in [6.45, 7) is 5.67. The first-order chi connectivity index (χ1) is 15.0. The van der Waals surface area contributed by atoms with E-state index in [1.54, 1.807) is 26.2 Å². The average Bonchev–Trinajstić information content (AvgIpc) is 2.97. The maximum absolute atomic E-state index is 13.6. The molecule has 2 saturated heterocycles. The molecule has 2 aliphatic heterocycles. The van der Waals surface area contributed by atoms with Gasteiger partial charge in [0.05, 0.1) is 20.3 Å². The van der Waals surface area contributed by atoms with Gasteiger partial charge in [-0.15, -0.1) is 0 Å². The Labute approximate surface area is 185 Å². The number of methoxy groups -OCH3 is 3. The van der Waals surface area contributed by atoms with Crippen LogP contribution in [0.4, 0.5) is 4.79 Å². The van der Waals surface area contributed by atoms with Gasteiger partial charge in [0.15, 0.2) is 0 Å². The fourth-order valence-electron chi connectivity index (χ4n) is 4.68. The molecule has 1 aromatic rings. The zero-order valence-electron chi connectivity index (χ0n) is 19.1. The Morgan fingerprint density at radius 2 is 1.71 bits per heavy atom. The number of hydrogen-bond donors (Lipinski definition) is 0. The number of rotatable bonds is 10. The summed E-state index contributed by atoms with van der Waals surface area (Å²) in [5.41, 5.74) is 0.142. The van der Waals surface area contributed by atoms with E-state index in [0.717, 1.165) is 24.4 Å². The van der Waals surface area contributed by atoms with Gasteiger partial charge in [0.1, 0.15) is 11.3 Å². The Kier molecular flexibility index (Phi) is 7.91. The average molecular weight is 434 g/mol. The highest BCUT2D eigenvalue weighted by Gasteiger charge is 2.57. The fraction of sp³-hybridized carbons (Fsp3) is 0.652. The number of nitrogens with zero attached hydrogens (tertiary/aromatic N) is 3. The van der Waals surface area contributed by atoms with Gasteiger partial charge in [-0.3, -0.25) is 14.6 Å². The molecule has 1 atom stereocenters. The molecule has 0 N–H and O–H groups in total. The molecule has 1 spiro atoms. The first-order valence-electron chi connectivity index (χ1n) is 10.9. The highest BCUT2D eigenvalue weighted by atomic mass is 16.5. The Balaban J connectivity index is 1.78. The van der Waals surface area contributed by atoms with Crippen molar-refractivity contribution in [1.82, 2.24) is 14.7 Å². The molecule has 0 bridgehead atoms. The number of carbonyl (C=O) groups is 2. The van der Waals surface area contributed by atoms with E-state index in [-0.39, 0.29) is 24.5 Å². The second-order valence-corrected chi connectivity index (χ2v) is 8.39. The predicted molar refractivity (Wildman–Crippen MR) is 117 cm³/mol. The summed E-state index contributed by atoms with van der Waals surface area (Å²) in [4.78, 5) is 32.6. The van der Waals surface area contributed by atoms with Crippen molar-refractivity contribution in [3.8, 4) is 5.75 Å². The lowest BCUT2D eigenvalue weighted by atomic mass is 9.85. The number of piperidine rings is 1. The van der Waals surface area contributed by atoms with Crippen molar-refractivity contribution in [2.75, 3.05) is 54.2 Å². The van der Waals surface area contributed by atoms with Crippen LogP contribution in [0.25, 0.3) is 0 Å². The minimum atomic E-state index is -0.763. The molecule has 0 unspecified atom stereocenters. The van der Waals surface area contributed by atoms with Crippen molar-refractivity contribution in [2.24, 2.45) is 0 Å². The molecule has 0 saturated carbocycles. The van der Waals surface area contributed by atoms with Crippen LogP contribution in [0.2, 0.25) is 0 Å². The lowest BCUT2D eigenvalue weighted by Gasteiger charge is -2.44. The molecule has 2 fully saturated rings. The van der Waals surface area contributed by atoms with Crippen molar-refractivity contribution in [3.05, 3.63) is 29.8 Å². The van der Waals surface area contributed by atoms with E-state index in [1.807, 2.05) is 24.3 Å². The standard InChI is InChI=1S/C23H35N3O5/c1-18(17-30-3)24-13-10-23(11-14-24)21(27)25(22(28)26(23)12-5-15-29-2)16-19-6-8-20(31-4)9-7-19/h6-9,18H,5,10-17H2,1-4H3/t18-/m1/s1. The van der Waals surface area contributed by atoms with Crippen molar-refractivity contribution in [1.29, 1.82) is 0 Å². The third-order valence-electron chi connectivity index (χ3n) is 6.51. The van der Waals surface area contributed by atoms with E-state index in [4.69, 9.17) is 14.2 Å². The van der Waals surface area contributed by atoms with Crippen LogP contribution in [-0.4, -0.2) is 92.4 Å². The maximum atomic E-state index is 13.6. The van der Waals surface area contributed by atoms with Crippen LogP contribution in [0.1, 0.15) is 31.7 Å². The van der Waals surface area contributed by atoms with Crippen LogP contribution in [0.5, 0.6) is 5.75 Å². The van der Waals surface area contributed by atoms with Gasteiger partial charge >= 0.3 is 6.03 Å². The third-order valence-corrected chi connectivity index (χ3v) is 6.51. The molecule has 0 radical (unpaired) electrons. The summed E-state index contributed by atoms with van der Waals surface area (Å²) in [5, 5.41) is 0. The Morgan fingerprint density at radius 1 is 1.03 bits per heavy atom. The molecule has 3 rings (SSSR count). The lowest BCUT2D eigenvalue weighted by molar-refractivity contribution is -0.136. The molecule has 0 aromatic heterocycles. The monoisotopic (exact) mass is 433 g/mol. The highest BCUT2D eigenvalue weighted by Crippen LogP contribution is 2.38. The Bertz CT molecular complexity index is 746. The van der Waals surface area contributed by atoms with Crippen LogP contribution in [0.3, 0.4) is 0 Å². The molecular weight excluding hydrogens is 398 g/mol. The van der Waals surface area contributed by atoms with Crippen LogP contribution in [0.15, 0.2) is 24.3 Å². The summed E-state index contributed by atoms with van der Waals surface area (Å²) in [6, 6.07) is 7.58. The Hall–Kier alpha value is -2.16. The number of urea groups is 1. The molecule has 31 heavy (non-hydrogen) atoms. The highest BCUT2D eigenvalue weighted by molar-refractivity contribution is 6.07. The van der Waals surface area contributed by atoms with E-state index >= 15 is 0 Å². The van der Waals surface area contributed by atoms with Crippen LogP contribution in [0, 0.1) is 0 Å². The van der Waals surface area contributed by atoms with Gasteiger partial charge in [-0.25, -0.2) is 4.79 Å². The van der Waals surface area contributed by atoms with E-state index in [2.05, 4.69) is 11.8 Å². The van der Waals surface area contributed by atoms with Crippen molar-refractivity contribution in [3.63, 3.8) is 0 Å². The van der Waals surface area contributed by atoms with Gasteiger partial charge in [-0.05, 0) is 43.9 Å². The first kappa shape index (κ1) is 23.5. The summed E-state index contributed by atoms with van der Waals surface area (Å²) in [7, 11) is 4.97. The molecule has 2 heterocycles. The van der Waals surface area contributed by atoms with Gasteiger partial charge < -0.3 is 19.1 Å². The molecule has 8 nitrogen and oxygen atoms in total. The normalized spacial score (nSPS) is 20.0. The fourth-order valence-corrected chi connectivity index (χ4v) is 4.68. The summed E-state index contributed by atoms with van der Waals surface area (Å²) in [5.74, 6) is 0.669. The molecule has 0 aliphatic carbocycles. The predicted octanol–water partition coefficient (Wildman–Crippen LogP) is 2.37. The number of likely N-dealkylation sites (tertiary alicyclic amines) is 1. The summed E-state index contributed by atoms with van der Waals surface area (Å²) in [6.07, 6.45) is 1.98. The van der Waals surface area contributed by atoms with Crippen molar-refractivity contribution < 1.29 is 23.8 Å². The topological polar surface area (TPSA) is 71.6 Å². The summed E-state index contributed by atoms with van der Waals surface area (Å²) >= 11 is 0. The molecule has 8 heteroatoms. The van der Waals surface area contributed by atoms with Gasteiger partial charge in [0.2, 0.25) is 0 Å². The number of benzene rings is 1. The van der Waals surface area contributed by atoms with E-state index in [1.165, 1.54) is 4.90 Å². The van der Waals surface area contributed by atoms with E-state index in [0.29, 0.717) is 39.0 Å². The maximum Gasteiger partial charge on any atom is 0.327 e. The van der Waals surface area contributed by atoms with Gasteiger partial charge in [-0.1, -0.05) is 12.1 Å². The second kappa shape index (κ2) is 10.4. The van der Waals surface area contributed by atoms with Crippen molar-refractivity contribution >= 4 is 11.9 Å². The van der Waals surface area contributed by atoms with E-state index in [9.17, 15) is 9.59 Å². The largest absolute Gasteiger partial charge is 0.497 e. The number of amides is 3. The van der Waals surface area contributed by atoms with Crippen LogP contribution < -0.4 is 4.74 Å². The van der Waals surface area contributed by atoms with Crippen LogP contribution >= 0.6 is 0 Å². The first-order valence-corrected chi connectivity index (χ1v) is 10.9. The lowest BCUT2D eigenvalue weighted by Crippen LogP contribution is -2.58. The minimum absolute atomic E-state index is 0.0789. The van der Waals surface area contributed by atoms with Gasteiger partial charge in [0, 0.05) is 46.5 Å².